The molecular formula is C12H11Cl2NOS. The molecule has 0 radical (unpaired) electrons. The first kappa shape index (κ1) is 12.8. The summed E-state index contributed by atoms with van der Waals surface area (Å²) in [6.07, 6.45) is 0. The highest BCUT2D eigenvalue weighted by Crippen LogP contribution is 2.28. The smallest absolute Gasteiger partial charge is 0.256 e. The highest BCUT2D eigenvalue weighted by Gasteiger charge is 2.08. The van der Waals surface area contributed by atoms with E-state index in [1.807, 2.05) is 26.0 Å². The van der Waals surface area contributed by atoms with Crippen LogP contribution < -0.4 is 0 Å². The predicted molar refractivity (Wildman–Crippen MR) is 72.0 cm³/mol. The number of nitrogens with zero attached hydrogens (tertiary/aromatic N) is 1. The Hall–Kier alpha value is -0.640. The van der Waals surface area contributed by atoms with Crippen molar-refractivity contribution in [1.82, 2.24) is 4.98 Å². The van der Waals surface area contributed by atoms with Crippen molar-refractivity contribution in [2.75, 3.05) is 0 Å². The topological polar surface area (TPSA) is 26.0 Å². The molecular weight excluding hydrogens is 277 g/mol. The van der Waals surface area contributed by atoms with E-state index >= 15 is 0 Å². The van der Waals surface area contributed by atoms with Crippen molar-refractivity contribution < 1.29 is 4.42 Å². The lowest BCUT2D eigenvalue weighted by Gasteiger charge is -2.02. The summed E-state index contributed by atoms with van der Waals surface area (Å²) in [5.41, 5.74) is 1.95. The van der Waals surface area contributed by atoms with Gasteiger partial charge in [-0.05, 0) is 31.5 Å². The zero-order valence-electron chi connectivity index (χ0n) is 9.46. The maximum absolute atomic E-state index is 6.08. The van der Waals surface area contributed by atoms with Gasteiger partial charge in [0.25, 0.3) is 5.22 Å². The van der Waals surface area contributed by atoms with Gasteiger partial charge in [0.2, 0.25) is 0 Å². The number of rotatable bonds is 3. The van der Waals surface area contributed by atoms with Crippen molar-refractivity contribution in [3.05, 3.63) is 45.3 Å². The molecule has 0 spiro atoms. The molecule has 0 N–H and O–H groups in total. The van der Waals surface area contributed by atoms with Gasteiger partial charge >= 0.3 is 0 Å². The minimum atomic E-state index is 0.645. The van der Waals surface area contributed by atoms with Crippen molar-refractivity contribution in [3.63, 3.8) is 0 Å². The number of hydrogen-bond donors (Lipinski definition) is 0. The van der Waals surface area contributed by atoms with Gasteiger partial charge < -0.3 is 4.42 Å². The molecule has 2 nitrogen and oxygen atoms in total. The van der Waals surface area contributed by atoms with Crippen LogP contribution in [0.25, 0.3) is 0 Å². The molecule has 90 valence electrons. The third kappa shape index (κ3) is 3.18. The SMILES string of the molecule is Cc1nc(SCc2ccc(Cl)cc2Cl)oc1C. The molecule has 1 aromatic heterocycles. The average molecular weight is 288 g/mol. The number of benzene rings is 1. The van der Waals surface area contributed by atoms with Crippen LogP contribution in [0.1, 0.15) is 17.0 Å². The van der Waals surface area contributed by atoms with Gasteiger partial charge in [-0.25, -0.2) is 4.98 Å². The third-order valence-electron chi connectivity index (χ3n) is 2.38. The van der Waals surface area contributed by atoms with Crippen molar-refractivity contribution in [1.29, 1.82) is 0 Å². The molecule has 0 amide bonds. The first-order valence-corrected chi connectivity index (χ1v) is 6.81. The normalized spacial score (nSPS) is 10.8. The molecule has 0 atom stereocenters. The second kappa shape index (κ2) is 5.34. The molecule has 0 saturated heterocycles. The van der Waals surface area contributed by atoms with E-state index in [0.29, 0.717) is 15.3 Å². The van der Waals surface area contributed by atoms with Gasteiger partial charge in [0.1, 0.15) is 5.76 Å². The average Bonchev–Trinajstić information content (AvgIpc) is 2.57. The molecule has 0 aliphatic heterocycles. The zero-order chi connectivity index (χ0) is 12.4. The molecule has 0 aliphatic carbocycles. The monoisotopic (exact) mass is 287 g/mol. The summed E-state index contributed by atoms with van der Waals surface area (Å²) in [7, 11) is 0. The van der Waals surface area contributed by atoms with E-state index in [-0.39, 0.29) is 0 Å². The van der Waals surface area contributed by atoms with E-state index in [1.165, 1.54) is 11.8 Å². The quantitative estimate of drug-likeness (QED) is 0.752. The molecule has 17 heavy (non-hydrogen) atoms. The second-order valence-electron chi connectivity index (χ2n) is 3.65. The molecule has 0 aliphatic rings. The minimum Gasteiger partial charge on any atom is -0.437 e. The van der Waals surface area contributed by atoms with Crippen LogP contribution in [0.2, 0.25) is 10.0 Å². The van der Waals surface area contributed by atoms with E-state index in [0.717, 1.165) is 22.8 Å². The van der Waals surface area contributed by atoms with Crippen LogP contribution in [0.15, 0.2) is 27.8 Å². The van der Waals surface area contributed by atoms with E-state index in [1.54, 1.807) is 6.07 Å². The predicted octanol–water partition coefficient (Wildman–Crippen LogP) is 4.89. The lowest BCUT2D eigenvalue weighted by Crippen LogP contribution is -1.83. The maximum Gasteiger partial charge on any atom is 0.256 e. The maximum atomic E-state index is 6.08. The molecule has 0 saturated carbocycles. The molecule has 0 fully saturated rings. The molecule has 0 unspecified atom stereocenters. The summed E-state index contributed by atoms with van der Waals surface area (Å²) in [6.45, 7) is 3.83. The van der Waals surface area contributed by atoms with Gasteiger partial charge in [0.15, 0.2) is 0 Å². The fourth-order valence-electron chi connectivity index (χ4n) is 1.28. The molecule has 1 heterocycles. The molecule has 0 bridgehead atoms. The minimum absolute atomic E-state index is 0.645. The van der Waals surface area contributed by atoms with Crippen molar-refractivity contribution in [2.45, 2.75) is 24.8 Å². The van der Waals surface area contributed by atoms with Gasteiger partial charge in [-0.3, -0.25) is 0 Å². The van der Waals surface area contributed by atoms with Crippen LogP contribution in [-0.2, 0) is 5.75 Å². The zero-order valence-corrected chi connectivity index (χ0v) is 11.8. The Bertz CT molecular complexity index is 520. The fraction of sp³-hybridized carbons (Fsp3) is 0.250. The lowest BCUT2D eigenvalue weighted by molar-refractivity contribution is 0.431. The lowest BCUT2D eigenvalue weighted by atomic mass is 10.2. The van der Waals surface area contributed by atoms with Crippen LogP contribution in [0.4, 0.5) is 0 Å². The molecule has 5 heteroatoms. The molecule has 1 aromatic carbocycles. The Morgan fingerprint density at radius 3 is 2.65 bits per heavy atom. The summed E-state index contributed by atoms with van der Waals surface area (Å²) >= 11 is 13.4. The van der Waals surface area contributed by atoms with Crippen LogP contribution in [0.5, 0.6) is 0 Å². The number of oxazole rings is 1. The van der Waals surface area contributed by atoms with E-state index in [2.05, 4.69) is 4.98 Å². The van der Waals surface area contributed by atoms with E-state index in [4.69, 9.17) is 27.6 Å². The summed E-state index contributed by atoms with van der Waals surface area (Å²) in [6, 6.07) is 5.49. The van der Waals surface area contributed by atoms with Crippen molar-refractivity contribution in [2.24, 2.45) is 0 Å². The van der Waals surface area contributed by atoms with Crippen LogP contribution in [0.3, 0.4) is 0 Å². The first-order valence-electron chi connectivity index (χ1n) is 5.07. The van der Waals surface area contributed by atoms with Crippen molar-refractivity contribution in [3.8, 4) is 0 Å². The Morgan fingerprint density at radius 2 is 2.06 bits per heavy atom. The van der Waals surface area contributed by atoms with Gasteiger partial charge in [-0.15, -0.1) is 0 Å². The van der Waals surface area contributed by atoms with E-state index in [9.17, 15) is 0 Å². The number of aryl methyl sites for hydroxylation is 2. The third-order valence-corrected chi connectivity index (χ3v) is 3.84. The Labute approximate surface area is 114 Å². The second-order valence-corrected chi connectivity index (χ2v) is 5.42. The highest BCUT2D eigenvalue weighted by atomic mass is 35.5. The number of aromatic nitrogens is 1. The largest absolute Gasteiger partial charge is 0.437 e. The highest BCUT2D eigenvalue weighted by molar-refractivity contribution is 7.98. The fourth-order valence-corrected chi connectivity index (χ4v) is 2.75. The first-order chi connectivity index (χ1) is 8.06. The summed E-state index contributed by atoms with van der Waals surface area (Å²) in [5, 5.41) is 1.99. The Morgan fingerprint density at radius 1 is 1.29 bits per heavy atom. The number of halogens is 2. The Balaban J connectivity index is 2.07. The van der Waals surface area contributed by atoms with Crippen LogP contribution in [-0.4, -0.2) is 4.98 Å². The van der Waals surface area contributed by atoms with Gasteiger partial charge in [-0.2, -0.15) is 0 Å². The van der Waals surface area contributed by atoms with Crippen LogP contribution in [0, 0.1) is 13.8 Å². The molecule has 2 aromatic rings. The standard InChI is InChI=1S/C12H11Cl2NOS/c1-7-8(2)16-12(15-7)17-6-9-3-4-10(13)5-11(9)14/h3-5H,6H2,1-2H3. The Kier molecular flexibility index (Phi) is 4.02. The summed E-state index contributed by atoms with van der Waals surface area (Å²) in [4.78, 5) is 4.30. The van der Waals surface area contributed by atoms with E-state index < -0.39 is 0 Å². The van der Waals surface area contributed by atoms with Gasteiger partial charge in [0.05, 0.1) is 5.69 Å². The van der Waals surface area contributed by atoms with Crippen LogP contribution >= 0.6 is 35.0 Å². The number of hydrogen-bond acceptors (Lipinski definition) is 3. The number of thioether (sulfide) groups is 1. The molecule has 2 rings (SSSR count). The van der Waals surface area contributed by atoms with Crippen molar-refractivity contribution >= 4 is 35.0 Å². The van der Waals surface area contributed by atoms with Gasteiger partial charge in [-0.1, -0.05) is 41.0 Å². The summed E-state index contributed by atoms with van der Waals surface area (Å²) < 4.78 is 5.48. The summed E-state index contributed by atoms with van der Waals surface area (Å²) in [5.74, 6) is 1.57. The van der Waals surface area contributed by atoms with Gasteiger partial charge in [0, 0.05) is 15.8 Å².